The van der Waals surface area contributed by atoms with Gasteiger partial charge in [-0.05, 0) is 19.1 Å². The molecule has 0 aliphatic carbocycles. The van der Waals surface area contributed by atoms with Crippen molar-refractivity contribution in [2.45, 2.75) is 13.8 Å². The number of nitrogens with zero attached hydrogens (tertiary/aromatic N) is 2. The summed E-state index contributed by atoms with van der Waals surface area (Å²) in [5.41, 5.74) is 6.74. The second kappa shape index (κ2) is 5.83. The van der Waals surface area contributed by atoms with E-state index in [4.69, 9.17) is 10.9 Å². The van der Waals surface area contributed by atoms with Gasteiger partial charge in [-0.3, -0.25) is 9.78 Å². The summed E-state index contributed by atoms with van der Waals surface area (Å²) in [6.07, 6.45) is 1.51. The number of pyridine rings is 1. The Morgan fingerprint density at radius 3 is 2.88 bits per heavy atom. The first-order valence-corrected chi connectivity index (χ1v) is 5.23. The molecule has 17 heavy (non-hydrogen) atoms. The Morgan fingerprint density at radius 1 is 1.65 bits per heavy atom. The van der Waals surface area contributed by atoms with Crippen molar-refractivity contribution in [2.75, 3.05) is 6.54 Å². The van der Waals surface area contributed by atoms with E-state index in [2.05, 4.69) is 15.5 Å². The third kappa shape index (κ3) is 3.75. The van der Waals surface area contributed by atoms with Gasteiger partial charge >= 0.3 is 0 Å². The molecule has 1 amide bonds. The molecule has 0 spiro atoms. The Bertz CT molecular complexity index is 414. The van der Waals surface area contributed by atoms with Crippen molar-refractivity contribution >= 4 is 11.7 Å². The van der Waals surface area contributed by atoms with Crippen LogP contribution in [0.4, 0.5) is 0 Å². The third-order valence-electron chi connectivity index (χ3n) is 2.36. The van der Waals surface area contributed by atoms with Gasteiger partial charge < -0.3 is 16.3 Å². The summed E-state index contributed by atoms with van der Waals surface area (Å²) < 4.78 is 0. The zero-order chi connectivity index (χ0) is 12.8. The van der Waals surface area contributed by atoms with Gasteiger partial charge in [0.05, 0.1) is 5.56 Å². The molecule has 1 aromatic rings. The molecule has 6 nitrogen and oxygen atoms in total. The fourth-order valence-corrected chi connectivity index (χ4v) is 1.15. The van der Waals surface area contributed by atoms with Gasteiger partial charge in [0.15, 0.2) is 0 Å². The molecule has 1 heterocycles. The van der Waals surface area contributed by atoms with Crippen LogP contribution in [0.2, 0.25) is 0 Å². The maximum atomic E-state index is 11.7. The standard InChI is InChI=1S/C11H16N4O2/c1-7(10(12)15-17)5-14-11(16)9-4-3-8(2)13-6-9/h3-4,6-7,17H,5H2,1-2H3,(H2,12,15)(H,14,16). The third-order valence-corrected chi connectivity index (χ3v) is 2.36. The fourth-order valence-electron chi connectivity index (χ4n) is 1.15. The summed E-state index contributed by atoms with van der Waals surface area (Å²) in [6.45, 7) is 3.91. The Balaban J connectivity index is 2.53. The van der Waals surface area contributed by atoms with E-state index in [-0.39, 0.29) is 17.7 Å². The first-order chi connectivity index (χ1) is 8.04. The summed E-state index contributed by atoms with van der Waals surface area (Å²) in [5.74, 6) is -0.357. The van der Waals surface area contributed by atoms with Crippen molar-refractivity contribution in [3.8, 4) is 0 Å². The van der Waals surface area contributed by atoms with Crippen LogP contribution < -0.4 is 11.1 Å². The lowest BCUT2D eigenvalue weighted by atomic mass is 10.1. The summed E-state index contributed by atoms with van der Waals surface area (Å²) >= 11 is 0. The number of amides is 1. The Hall–Kier alpha value is -2.11. The summed E-state index contributed by atoms with van der Waals surface area (Å²) in [7, 11) is 0. The first kappa shape index (κ1) is 13.0. The van der Waals surface area contributed by atoms with Gasteiger partial charge in [0.2, 0.25) is 0 Å². The van der Waals surface area contributed by atoms with E-state index in [1.165, 1.54) is 6.20 Å². The number of nitrogens with two attached hydrogens (primary N) is 1. The van der Waals surface area contributed by atoms with Crippen molar-refractivity contribution in [3.63, 3.8) is 0 Å². The van der Waals surface area contributed by atoms with Gasteiger partial charge in [-0.15, -0.1) is 0 Å². The van der Waals surface area contributed by atoms with E-state index in [1.807, 2.05) is 6.92 Å². The quantitative estimate of drug-likeness (QED) is 0.307. The van der Waals surface area contributed by atoms with E-state index in [9.17, 15) is 4.79 Å². The molecule has 92 valence electrons. The highest BCUT2D eigenvalue weighted by Crippen LogP contribution is 2.00. The molecule has 1 aromatic heterocycles. The highest BCUT2D eigenvalue weighted by atomic mass is 16.4. The van der Waals surface area contributed by atoms with Crippen molar-refractivity contribution in [3.05, 3.63) is 29.6 Å². The molecule has 0 aromatic carbocycles. The van der Waals surface area contributed by atoms with Crippen molar-refractivity contribution in [1.29, 1.82) is 0 Å². The van der Waals surface area contributed by atoms with Crippen LogP contribution in [0.3, 0.4) is 0 Å². The first-order valence-electron chi connectivity index (χ1n) is 5.23. The number of carbonyl (C=O) groups excluding carboxylic acids is 1. The van der Waals surface area contributed by atoms with Crippen LogP contribution in [0.5, 0.6) is 0 Å². The highest BCUT2D eigenvalue weighted by molar-refractivity contribution is 5.94. The molecule has 0 radical (unpaired) electrons. The van der Waals surface area contributed by atoms with E-state index in [0.717, 1.165) is 5.69 Å². The van der Waals surface area contributed by atoms with Crippen LogP contribution in [0, 0.1) is 12.8 Å². The molecule has 4 N–H and O–H groups in total. The number of carbonyl (C=O) groups is 1. The van der Waals surface area contributed by atoms with Crippen molar-refractivity contribution in [1.82, 2.24) is 10.3 Å². The minimum absolute atomic E-state index is 0.0901. The lowest BCUT2D eigenvalue weighted by Gasteiger charge is -2.10. The second-order valence-electron chi connectivity index (χ2n) is 3.82. The normalized spacial score (nSPS) is 13.2. The largest absolute Gasteiger partial charge is 0.409 e. The topological polar surface area (TPSA) is 101 Å². The van der Waals surface area contributed by atoms with Gasteiger partial charge in [-0.1, -0.05) is 12.1 Å². The number of oxime groups is 1. The molecule has 0 saturated carbocycles. The minimum Gasteiger partial charge on any atom is -0.409 e. The van der Waals surface area contributed by atoms with Gasteiger partial charge in [-0.25, -0.2) is 0 Å². The molecule has 0 bridgehead atoms. The zero-order valence-electron chi connectivity index (χ0n) is 9.84. The van der Waals surface area contributed by atoms with E-state index >= 15 is 0 Å². The molecule has 0 aliphatic heterocycles. The number of aryl methyl sites for hydroxylation is 1. The molecule has 6 heteroatoms. The van der Waals surface area contributed by atoms with Crippen molar-refractivity contribution < 1.29 is 10.0 Å². The summed E-state index contributed by atoms with van der Waals surface area (Å²) in [6, 6.07) is 3.47. The number of aromatic nitrogens is 1. The number of nitrogens with one attached hydrogen (secondary N) is 1. The van der Waals surface area contributed by atoms with Crippen LogP contribution in [0.1, 0.15) is 23.0 Å². The molecule has 1 unspecified atom stereocenters. The van der Waals surface area contributed by atoms with Crippen LogP contribution in [-0.4, -0.2) is 28.5 Å². The van der Waals surface area contributed by atoms with Gasteiger partial charge in [-0.2, -0.15) is 0 Å². The average Bonchev–Trinajstić information content (AvgIpc) is 2.35. The highest BCUT2D eigenvalue weighted by Gasteiger charge is 2.10. The molecular weight excluding hydrogens is 220 g/mol. The predicted molar refractivity (Wildman–Crippen MR) is 63.9 cm³/mol. The monoisotopic (exact) mass is 236 g/mol. The number of hydrogen-bond donors (Lipinski definition) is 3. The molecular formula is C11H16N4O2. The molecule has 1 rings (SSSR count). The average molecular weight is 236 g/mol. The minimum atomic E-state index is -0.227. The maximum Gasteiger partial charge on any atom is 0.252 e. The molecule has 0 saturated heterocycles. The van der Waals surface area contributed by atoms with Gasteiger partial charge in [0.1, 0.15) is 5.84 Å². The van der Waals surface area contributed by atoms with E-state index < -0.39 is 0 Å². The second-order valence-corrected chi connectivity index (χ2v) is 3.82. The Morgan fingerprint density at radius 2 is 2.35 bits per heavy atom. The molecule has 0 aliphatic rings. The van der Waals surface area contributed by atoms with E-state index in [1.54, 1.807) is 19.1 Å². The number of rotatable bonds is 4. The van der Waals surface area contributed by atoms with Crippen LogP contribution in [0.25, 0.3) is 0 Å². The van der Waals surface area contributed by atoms with E-state index in [0.29, 0.717) is 12.1 Å². The van der Waals surface area contributed by atoms with Crippen molar-refractivity contribution in [2.24, 2.45) is 16.8 Å². The van der Waals surface area contributed by atoms with Gasteiger partial charge in [0.25, 0.3) is 5.91 Å². The Kier molecular flexibility index (Phi) is 4.45. The van der Waals surface area contributed by atoms with Crippen LogP contribution in [0.15, 0.2) is 23.5 Å². The fraction of sp³-hybridized carbons (Fsp3) is 0.364. The lowest BCUT2D eigenvalue weighted by Crippen LogP contribution is -2.34. The SMILES string of the molecule is Cc1ccc(C(=O)NCC(C)C(N)=NO)cn1. The summed E-state index contributed by atoms with van der Waals surface area (Å²) in [4.78, 5) is 15.7. The maximum absolute atomic E-state index is 11.7. The van der Waals surface area contributed by atoms with Crippen LogP contribution >= 0.6 is 0 Å². The smallest absolute Gasteiger partial charge is 0.252 e. The number of hydrogen-bond acceptors (Lipinski definition) is 4. The molecule has 0 fully saturated rings. The lowest BCUT2D eigenvalue weighted by molar-refractivity contribution is 0.0950. The Labute approximate surface area is 99.5 Å². The predicted octanol–water partition coefficient (Wildman–Crippen LogP) is 0.502. The van der Waals surface area contributed by atoms with Gasteiger partial charge in [0, 0.05) is 24.4 Å². The number of amidine groups is 1. The zero-order valence-corrected chi connectivity index (χ0v) is 9.84. The summed E-state index contributed by atoms with van der Waals surface area (Å²) in [5, 5.41) is 14.0. The molecule has 1 atom stereocenters. The van der Waals surface area contributed by atoms with Crippen LogP contribution in [-0.2, 0) is 0 Å².